The van der Waals surface area contributed by atoms with Crippen molar-refractivity contribution in [2.45, 2.75) is 0 Å². The number of nitrogens with zero attached hydrogens (tertiary/aromatic N) is 4. The number of nitrogens with one attached hydrogen (secondary N) is 1. The van der Waals surface area contributed by atoms with Crippen molar-refractivity contribution >= 4 is 39.6 Å². The van der Waals surface area contributed by atoms with Gasteiger partial charge in [0, 0.05) is 35.3 Å². The number of nitrogens with two attached hydrogens (primary N) is 1. The summed E-state index contributed by atoms with van der Waals surface area (Å²) in [7, 11) is -4.23. The van der Waals surface area contributed by atoms with Crippen molar-refractivity contribution in [2.24, 2.45) is 5.14 Å². The maximum absolute atomic E-state index is 11.5. The predicted octanol–water partition coefficient (Wildman–Crippen LogP) is 0.513. The summed E-state index contributed by atoms with van der Waals surface area (Å²) in [6.45, 7) is 0. The molecule has 0 unspecified atom stereocenters. The molecule has 0 fully saturated rings. The lowest BCUT2D eigenvalue weighted by molar-refractivity contribution is 0.0690. The van der Waals surface area contributed by atoms with E-state index in [0.717, 1.165) is 6.20 Å². The molecule has 0 aromatic carbocycles. The van der Waals surface area contributed by atoms with Gasteiger partial charge in [-0.25, -0.2) is 18.4 Å². The van der Waals surface area contributed by atoms with Crippen LogP contribution in [-0.2, 0) is 10.2 Å². The molecule has 0 aliphatic rings. The van der Waals surface area contributed by atoms with Crippen LogP contribution in [0.3, 0.4) is 0 Å². The molecule has 0 spiro atoms. The number of aromatic carboxylic acids is 1. The highest BCUT2D eigenvalue weighted by Crippen LogP contribution is 2.26. The molecule has 120 valence electrons. The van der Waals surface area contributed by atoms with Gasteiger partial charge in [-0.3, -0.25) is 4.84 Å². The van der Waals surface area contributed by atoms with Gasteiger partial charge in [-0.05, 0) is 18.2 Å². The number of hydrogen-bond acceptors (Lipinski definition) is 6. The molecular formula is C11H9ClN6O4S. The van der Waals surface area contributed by atoms with Gasteiger partial charge in [-0.15, -0.1) is 5.10 Å². The van der Waals surface area contributed by atoms with E-state index >= 15 is 0 Å². The zero-order chi connectivity index (χ0) is 16.8. The lowest BCUT2D eigenvalue weighted by Gasteiger charge is -2.05. The maximum atomic E-state index is 11.5. The van der Waals surface area contributed by atoms with Crippen LogP contribution in [0.25, 0.3) is 16.8 Å². The smallest absolute Gasteiger partial charge is 0.354 e. The highest BCUT2D eigenvalue weighted by atomic mass is 35.5. The van der Waals surface area contributed by atoms with Gasteiger partial charge in [0.1, 0.15) is 0 Å². The Balaban J connectivity index is 2.22. The number of carbonyl (C=O) groups is 1. The monoisotopic (exact) mass is 356 g/mol. The number of carboxylic acids is 1. The van der Waals surface area contributed by atoms with Crippen molar-refractivity contribution in [3.8, 4) is 11.1 Å². The third kappa shape index (κ3) is 2.60. The van der Waals surface area contributed by atoms with E-state index in [9.17, 15) is 18.3 Å². The van der Waals surface area contributed by atoms with Crippen molar-refractivity contribution in [3.05, 3.63) is 36.3 Å². The molecule has 3 aromatic rings. The highest BCUT2D eigenvalue weighted by Gasteiger charge is 2.23. The number of halogens is 1. The Hall–Kier alpha value is -2.63. The summed E-state index contributed by atoms with van der Waals surface area (Å²) in [6.07, 6.45) is 2.57. The van der Waals surface area contributed by atoms with Gasteiger partial charge in [0.2, 0.25) is 0 Å². The van der Waals surface area contributed by atoms with Gasteiger partial charge in [0.15, 0.2) is 11.3 Å². The van der Waals surface area contributed by atoms with Crippen molar-refractivity contribution in [1.82, 2.24) is 18.6 Å². The fourth-order valence-electron chi connectivity index (χ4n) is 2.15. The third-order valence-corrected chi connectivity index (χ3v) is 4.08. The van der Waals surface area contributed by atoms with Crippen LogP contribution in [0.2, 0.25) is 0 Å². The van der Waals surface area contributed by atoms with Gasteiger partial charge in [-0.2, -0.15) is 13.4 Å². The van der Waals surface area contributed by atoms with E-state index in [0.29, 0.717) is 15.2 Å². The predicted molar refractivity (Wildman–Crippen MR) is 81.4 cm³/mol. The highest BCUT2D eigenvalue weighted by molar-refractivity contribution is 7.87. The van der Waals surface area contributed by atoms with Crippen LogP contribution >= 0.6 is 11.8 Å². The summed E-state index contributed by atoms with van der Waals surface area (Å²) < 4.78 is 24.8. The standard InChI is InChI=1S/C11H9ClN6O4S/c12-15-11-14-8-2-1-6(5-17(8)16-11)7-3-4-18(23(13,21)22)9(7)10(19)20/h1-5H,(H,15,16)(H,19,20)(H2,13,21,22). The van der Waals surface area contributed by atoms with Gasteiger partial charge >= 0.3 is 16.2 Å². The summed E-state index contributed by atoms with van der Waals surface area (Å²) in [5.74, 6) is -1.26. The minimum Gasteiger partial charge on any atom is -0.477 e. The zero-order valence-electron chi connectivity index (χ0n) is 11.2. The Labute approximate surface area is 134 Å². The number of pyridine rings is 1. The van der Waals surface area contributed by atoms with Crippen molar-refractivity contribution in [3.63, 3.8) is 0 Å². The second-order valence-electron chi connectivity index (χ2n) is 4.47. The molecule has 0 amide bonds. The molecule has 3 rings (SSSR count). The fourth-order valence-corrected chi connectivity index (χ4v) is 2.89. The first-order chi connectivity index (χ1) is 10.8. The van der Waals surface area contributed by atoms with E-state index in [-0.39, 0.29) is 11.5 Å². The molecule has 23 heavy (non-hydrogen) atoms. The summed E-state index contributed by atoms with van der Waals surface area (Å²) in [6, 6.07) is 4.50. The summed E-state index contributed by atoms with van der Waals surface area (Å²) >= 11 is 5.43. The Bertz CT molecular complexity index is 1020. The van der Waals surface area contributed by atoms with Gasteiger partial charge < -0.3 is 5.11 Å². The molecule has 10 nitrogen and oxygen atoms in total. The number of fused-ring (bicyclic) bond motifs is 1. The lowest BCUT2D eigenvalue weighted by Crippen LogP contribution is -2.24. The molecule has 0 aliphatic heterocycles. The minimum absolute atomic E-state index is 0.171. The minimum atomic E-state index is -4.23. The van der Waals surface area contributed by atoms with Crippen LogP contribution < -0.4 is 9.97 Å². The van der Waals surface area contributed by atoms with E-state index < -0.39 is 21.9 Å². The Morgan fingerprint density at radius 3 is 2.70 bits per heavy atom. The molecule has 3 aromatic heterocycles. The second kappa shape index (κ2) is 5.22. The van der Waals surface area contributed by atoms with Crippen LogP contribution in [0.4, 0.5) is 5.95 Å². The topological polar surface area (TPSA) is 145 Å². The molecule has 3 heterocycles. The Morgan fingerprint density at radius 2 is 2.09 bits per heavy atom. The average Bonchev–Trinajstić information content (AvgIpc) is 3.09. The van der Waals surface area contributed by atoms with Gasteiger partial charge in [0.05, 0.1) is 0 Å². The number of carboxylic acid groups (broad SMARTS) is 1. The molecule has 0 saturated heterocycles. The summed E-state index contributed by atoms with van der Waals surface area (Å²) in [5, 5.41) is 18.3. The van der Waals surface area contributed by atoms with Crippen LogP contribution in [0.15, 0.2) is 30.6 Å². The van der Waals surface area contributed by atoms with Crippen LogP contribution in [0.1, 0.15) is 10.5 Å². The van der Waals surface area contributed by atoms with Crippen molar-refractivity contribution < 1.29 is 18.3 Å². The van der Waals surface area contributed by atoms with E-state index in [2.05, 4.69) is 14.9 Å². The van der Waals surface area contributed by atoms with E-state index in [1.807, 2.05) is 0 Å². The number of aromatic nitrogens is 4. The molecule has 4 N–H and O–H groups in total. The molecule has 12 heteroatoms. The van der Waals surface area contributed by atoms with Crippen LogP contribution in [0, 0.1) is 0 Å². The maximum Gasteiger partial charge on any atom is 0.354 e. The van der Waals surface area contributed by atoms with Crippen molar-refractivity contribution in [1.29, 1.82) is 0 Å². The molecule has 0 atom stereocenters. The molecule has 0 saturated carbocycles. The average molecular weight is 357 g/mol. The molecular weight excluding hydrogens is 348 g/mol. The quantitative estimate of drug-likeness (QED) is 0.577. The van der Waals surface area contributed by atoms with Crippen LogP contribution in [-0.4, -0.2) is 38.1 Å². The van der Waals surface area contributed by atoms with Crippen molar-refractivity contribution in [2.75, 3.05) is 4.84 Å². The van der Waals surface area contributed by atoms with E-state index in [1.54, 1.807) is 12.1 Å². The molecule has 0 bridgehead atoms. The largest absolute Gasteiger partial charge is 0.477 e. The molecule has 0 radical (unpaired) electrons. The molecule has 0 aliphatic carbocycles. The van der Waals surface area contributed by atoms with E-state index in [1.165, 1.54) is 16.8 Å². The Kier molecular flexibility index (Phi) is 3.47. The van der Waals surface area contributed by atoms with Crippen LogP contribution in [0.5, 0.6) is 0 Å². The first-order valence-corrected chi connectivity index (χ1v) is 7.91. The van der Waals surface area contributed by atoms with Gasteiger partial charge in [0.25, 0.3) is 5.95 Å². The first kappa shape index (κ1) is 15.3. The fraction of sp³-hybridized carbons (Fsp3) is 0. The Morgan fingerprint density at radius 1 is 1.35 bits per heavy atom. The van der Waals surface area contributed by atoms with Gasteiger partial charge in [-0.1, -0.05) is 0 Å². The first-order valence-electron chi connectivity index (χ1n) is 6.02. The summed E-state index contributed by atoms with van der Waals surface area (Å²) in [5.41, 5.74) is 0.593. The third-order valence-electron chi connectivity index (χ3n) is 3.06. The lowest BCUT2D eigenvalue weighted by atomic mass is 10.1. The number of anilines is 1. The normalized spacial score (nSPS) is 11.7. The SMILES string of the molecule is NS(=O)(=O)n1ccc(-c2ccc3nc(NCl)nn3c2)c1C(=O)O. The zero-order valence-corrected chi connectivity index (χ0v) is 12.8. The number of hydrogen-bond donors (Lipinski definition) is 3. The second-order valence-corrected chi connectivity index (χ2v) is 6.09. The summed E-state index contributed by atoms with van der Waals surface area (Å²) in [4.78, 5) is 17.7. The van der Waals surface area contributed by atoms with E-state index in [4.69, 9.17) is 16.9 Å². The number of rotatable bonds is 4.